The molecule has 0 fully saturated rings. The van der Waals surface area contributed by atoms with Gasteiger partial charge in [-0.25, -0.2) is 4.68 Å². The van der Waals surface area contributed by atoms with Crippen LogP contribution in [-0.4, -0.2) is 47.1 Å². The van der Waals surface area contributed by atoms with E-state index in [2.05, 4.69) is 15.5 Å². The van der Waals surface area contributed by atoms with Gasteiger partial charge in [0, 0.05) is 18.4 Å². The summed E-state index contributed by atoms with van der Waals surface area (Å²) in [5.74, 6) is 0.699. The average molecular weight is 277 g/mol. The molecule has 0 aliphatic heterocycles. The van der Waals surface area contributed by atoms with Crippen molar-refractivity contribution < 1.29 is 9.47 Å². The van der Waals surface area contributed by atoms with Crippen LogP contribution in [-0.2, 0) is 16.0 Å². The minimum atomic E-state index is 0.531. The zero-order chi connectivity index (χ0) is 14.4. The number of ether oxygens (including phenoxy) is 2. The van der Waals surface area contributed by atoms with Crippen LogP contribution in [0.4, 0.5) is 5.69 Å². The number of nitrogens with zero attached hydrogens (tertiary/aromatic N) is 4. The standard InChI is InChI=1S/C13H19N5O2/c1-10-11(4-3-5-12(10)14)13-15-16-17-18(13)6-7-20-9-8-19-2/h3-5H,6-9,14H2,1-2H3. The molecule has 2 rings (SSSR count). The second-order valence-electron chi connectivity index (χ2n) is 4.35. The van der Waals surface area contributed by atoms with E-state index >= 15 is 0 Å². The van der Waals surface area contributed by atoms with E-state index in [1.807, 2.05) is 25.1 Å². The highest BCUT2D eigenvalue weighted by molar-refractivity contribution is 5.67. The third-order valence-electron chi connectivity index (χ3n) is 3.03. The molecule has 0 spiro atoms. The Labute approximate surface area is 117 Å². The molecule has 1 heterocycles. The zero-order valence-electron chi connectivity index (χ0n) is 11.7. The van der Waals surface area contributed by atoms with Gasteiger partial charge in [0.15, 0.2) is 5.82 Å². The molecule has 7 nitrogen and oxygen atoms in total. The topological polar surface area (TPSA) is 88.1 Å². The van der Waals surface area contributed by atoms with Gasteiger partial charge in [-0.2, -0.15) is 0 Å². The summed E-state index contributed by atoms with van der Waals surface area (Å²) in [5, 5.41) is 11.8. The van der Waals surface area contributed by atoms with Crippen molar-refractivity contribution in [1.29, 1.82) is 0 Å². The first-order chi connectivity index (χ1) is 9.74. The molecule has 0 amide bonds. The molecule has 0 aliphatic rings. The van der Waals surface area contributed by atoms with Crippen LogP contribution in [0.2, 0.25) is 0 Å². The van der Waals surface area contributed by atoms with Crippen molar-refractivity contribution in [3.05, 3.63) is 23.8 Å². The Morgan fingerprint density at radius 3 is 2.90 bits per heavy atom. The second kappa shape index (κ2) is 6.97. The number of hydrogen-bond donors (Lipinski definition) is 1. The lowest BCUT2D eigenvalue weighted by Gasteiger charge is -2.09. The van der Waals surface area contributed by atoms with Crippen LogP contribution >= 0.6 is 0 Å². The molecule has 2 aromatic rings. The molecule has 1 aromatic carbocycles. The molecule has 2 N–H and O–H groups in total. The lowest BCUT2D eigenvalue weighted by Crippen LogP contribution is -2.12. The van der Waals surface area contributed by atoms with E-state index in [0.29, 0.717) is 32.2 Å². The summed E-state index contributed by atoms with van der Waals surface area (Å²) >= 11 is 0. The molecule has 0 aliphatic carbocycles. The smallest absolute Gasteiger partial charge is 0.182 e. The summed E-state index contributed by atoms with van der Waals surface area (Å²) < 4.78 is 12.1. The number of aromatic nitrogens is 4. The Bertz CT molecular complexity index is 555. The van der Waals surface area contributed by atoms with Crippen LogP contribution in [0.25, 0.3) is 11.4 Å². The van der Waals surface area contributed by atoms with Crippen LogP contribution < -0.4 is 5.73 Å². The monoisotopic (exact) mass is 277 g/mol. The third-order valence-corrected chi connectivity index (χ3v) is 3.03. The first kappa shape index (κ1) is 14.4. The molecule has 0 saturated carbocycles. The van der Waals surface area contributed by atoms with Crippen LogP contribution in [0.15, 0.2) is 18.2 Å². The molecule has 0 atom stereocenters. The number of anilines is 1. The number of methoxy groups -OCH3 is 1. The summed E-state index contributed by atoms with van der Waals surface area (Å²) in [4.78, 5) is 0. The minimum Gasteiger partial charge on any atom is -0.398 e. The van der Waals surface area contributed by atoms with Gasteiger partial charge in [0.1, 0.15) is 0 Å². The Morgan fingerprint density at radius 2 is 2.10 bits per heavy atom. The first-order valence-corrected chi connectivity index (χ1v) is 6.42. The van der Waals surface area contributed by atoms with Gasteiger partial charge in [-0.05, 0) is 29.0 Å². The van der Waals surface area contributed by atoms with Gasteiger partial charge in [0.2, 0.25) is 0 Å². The van der Waals surface area contributed by atoms with Gasteiger partial charge < -0.3 is 15.2 Å². The number of rotatable bonds is 7. The van der Waals surface area contributed by atoms with Gasteiger partial charge in [0.05, 0.1) is 26.4 Å². The number of nitrogens with two attached hydrogens (primary N) is 1. The first-order valence-electron chi connectivity index (χ1n) is 6.42. The van der Waals surface area contributed by atoms with E-state index in [1.54, 1.807) is 11.8 Å². The maximum atomic E-state index is 5.92. The maximum absolute atomic E-state index is 5.92. The summed E-state index contributed by atoms with van der Waals surface area (Å²) in [6, 6.07) is 5.71. The molecule has 7 heteroatoms. The van der Waals surface area contributed by atoms with E-state index in [1.165, 1.54) is 0 Å². The molecule has 0 radical (unpaired) electrons. The van der Waals surface area contributed by atoms with Gasteiger partial charge in [-0.15, -0.1) is 5.10 Å². The van der Waals surface area contributed by atoms with E-state index in [4.69, 9.17) is 15.2 Å². The van der Waals surface area contributed by atoms with Gasteiger partial charge >= 0.3 is 0 Å². The summed E-state index contributed by atoms with van der Waals surface area (Å²) in [6.07, 6.45) is 0. The van der Waals surface area contributed by atoms with E-state index in [9.17, 15) is 0 Å². The van der Waals surface area contributed by atoms with Crippen LogP contribution in [0.3, 0.4) is 0 Å². The number of benzene rings is 1. The van der Waals surface area contributed by atoms with Crippen molar-refractivity contribution in [2.45, 2.75) is 13.5 Å². The Hall–Kier alpha value is -1.99. The molecule has 0 unspecified atom stereocenters. The van der Waals surface area contributed by atoms with E-state index in [-0.39, 0.29) is 0 Å². The highest BCUT2D eigenvalue weighted by Crippen LogP contribution is 2.24. The summed E-state index contributed by atoms with van der Waals surface area (Å²) in [6.45, 7) is 4.21. The van der Waals surface area contributed by atoms with Crippen molar-refractivity contribution in [3.8, 4) is 11.4 Å². The van der Waals surface area contributed by atoms with Crippen molar-refractivity contribution in [1.82, 2.24) is 20.2 Å². The normalized spacial score (nSPS) is 10.9. The summed E-state index contributed by atoms with van der Waals surface area (Å²) in [7, 11) is 1.64. The fourth-order valence-corrected chi connectivity index (χ4v) is 1.84. The van der Waals surface area contributed by atoms with Gasteiger partial charge in [-0.1, -0.05) is 12.1 Å². The van der Waals surface area contributed by atoms with Crippen molar-refractivity contribution in [3.63, 3.8) is 0 Å². The van der Waals surface area contributed by atoms with Crippen molar-refractivity contribution in [2.24, 2.45) is 0 Å². The lowest BCUT2D eigenvalue weighted by molar-refractivity contribution is 0.0654. The Morgan fingerprint density at radius 1 is 1.25 bits per heavy atom. The average Bonchev–Trinajstić information content (AvgIpc) is 2.90. The predicted octanol–water partition coefficient (Wildman–Crippen LogP) is 0.894. The molecule has 0 saturated heterocycles. The minimum absolute atomic E-state index is 0.531. The fourth-order valence-electron chi connectivity index (χ4n) is 1.84. The van der Waals surface area contributed by atoms with E-state index in [0.717, 1.165) is 16.8 Å². The predicted molar refractivity (Wildman–Crippen MR) is 75.1 cm³/mol. The Kier molecular flexibility index (Phi) is 5.03. The van der Waals surface area contributed by atoms with Crippen LogP contribution in [0, 0.1) is 6.92 Å². The second-order valence-corrected chi connectivity index (χ2v) is 4.35. The largest absolute Gasteiger partial charge is 0.398 e. The molecular weight excluding hydrogens is 258 g/mol. The van der Waals surface area contributed by atoms with Gasteiger partial charge in [0.25, 0.3) is 0 Å². The SMILES string of the molecule is COCCOCCn1nnnc1-c1cccc(N)c1C. The van der Waals surface area contributed by atoms with Crippen LogP contribution in [0.1, 0.15) is 5.56 Å². The maximum Gasteiger partial charge on any atom is 0.182 e. The fraction of sp³-hybridized carbons (Fsp3) is 0.462. The van der Waals surface area contributed by atoms with Crippen LogP contribution in [0.5, 0.6) is 0 Å². The third kappa shape index (κ3) is 3.31. The zero-order valence-corrected chi connectivity index (χ0v) is 11.7. The summed E-state index contributed by atoms with van der Waals surface area (Å²) in [5.41, 5.74) is 8.56. The molecule has 20 heavy (non-hydrogen) atoms. The number of nitrogen functional groups attached to an aromatic ring is 1. The molecule has 108 valence electrons. The molecule has 0 bridgehead atoms. The molecular formula is C13H19N5O2. The highest BCUT2D eigenvalue weighted by atomic mass is 16.5. The number of hydrogen-bond acceptors (Lipinski definition) is 6. The van der Waals surface area contributed by atoms with E-state index < -0.39 is 0 Å². The quantitative estimate of drug-likeness (QED) is 0.597. The van der Waals surface area contributed by atoms with Crippen molar-refractivity contribution in [2.75, 3.05) is 32.7 Å². The lowest BCUT2D eigenvalue weighted by atomic mass is 10.1. The van der Waals surface area contributed by atoms with Crippen molar-refractivity contribution >= 4 is 5.69 Å². The number of tetrazole rings is 1. The Balaban J connectivity index is 2.06. The highest BCUT2D eigenvalue weighted by Gasteiger charge is 2.12. The molecule has 1 aromatic heterocycles. The van der Waals surface area contributed by atoms with Gasteiger partial charge in [-0.3, -0.25) is 0 Å².